The second kappa shape index (κ2) is 6.45. The molecule has 0 aromatic rings. The third kappa shape index (κ3) is 3.64. The Balaban J connectivity index is 2.76. The number of ether oxygens (including phenoxy) is 1. The average Bonchev–Trinajstić information content (AvgIpc) is 2.86. The first-order valence-corrected chi connectivity index (χ1v) is 6.99. The van der Waals surface area contributed by atoms with Gasteiger partial charge in [-0.05, 0) is 30.4 Å². The number of hydrogen-bond donors (Lipinski definition) is 0. The van der Waals surface area contributed by atoms with Gasteiger partial charge in [0.2, 0.25) is 0 Å². The fourth-order valence-corrected chi connectivity index (χ4v) is 2.59. The third-order valence-electron chi connectivity index (χ3n) is 3.80. The van der Waals surface area contributed by atoms with Crippen LogP contribution in [0.3, 0.4) is 0 Å². The molecule has 110 valence electrons. The molecule has 0 spiro atoms. The molecule has 20 heavy (non-hydrogen) atoms. The van der Waals surface area contributed by atoms with E-state index in [2.05, 4.69) is 5.92 Å². The fourth-order valence-electron chi connectivity index (χ4n) is 2.45. The number of allylic oxidation sites excluding steroid dienone is 2. The summed E-state index contributed by atoms with van der Waals surface area (Å²) in [5.74, 6) is 1.40. The standard InChI is InChI=1S/C16H20ClFO2/c1-6-8-10(3)12(7-2)20-15(19)14-11(9-13(17)18)16(14,4)5/h2,8-9,11-12,14H,6H2,1,3-5H3/t11?,12?,14-/m0/s1. The van der Waals surface area contributed by atoms with Crippen LogP contribution in [0.15, 0.2) is 23.0 Å². The summed E-state index contributed by atoms with van der Waals surface area (Å²) < 4.78 is 18.1. The molecule has 0 radical (unpaired) electrons. The van der Waals surface area contributed by atoms with E-state index in [4.69, 9.17) is 22.8 Å². The minimum Gasteiger partial charge on any atom is -0.444 e. The Labute approximate surface area is 125 Å². The van der Waals surface area contributed by atoms with Gasteiger partial charge in [-0.3, -0.25) is 4.79 Å². The van der Waals surface area contributed by atoms with Gasteiger partial charge in [0.1, 0.15) is 0 Å². The lowest BCUT2D eigenvalue weighted by Gasteiger charge is -2.13. The van der Waals surface area contributed by atoms with Gasteiger partial charge < -0.3 is 4.74 Å². The zero-order chi connectivity index (χ0) is 15.5. The summed E-state index contributed by atoms with van der Waals surface area (Å²) in [5.41, 5.74) is 0.475. The van der Waals surface area contributed by atoms with Crippen LogP contribution >= 0.6 is 11.6 Å². The van der Waals surface area contributed by atoms with Crippen molar-refractivity contribution in [2.24, 2.45) is 17.3 Å². The van der Waals surface area contributed by atoms with Crippen molar-refractivity contribution in [3.05, 3.63) is 23.0 Å². The van der Waals surface area contributed by atoms with Crippen LogP contribution in [0, 0.1) is 29.6 Å². The van der Waals surface area contributed by atoms with Gasteiger partial charge in [0.25, 0.3) is 0 Å². The maximum absolute atomic E-state index is 12.8. The summed E-state index contributed by atoms with van der Waals surface area (Å²) in [5, 5.41) is -0.797. The lowest BCUT2D eigenvalue weighted by Crippen LogP contribution is -2.20. The first-order valence-electron chi connectivity index (χ1n) is 6.61. The van der Waals surface area contributed by atoms with Gasteiger partial charge in [0.15, 0.2) is 11.4 Å². The quantitative estimate of drug-likeness (QED) is 0.432. The van der Waals surface area contributed by atoms with Crippen LogP contribution in [-0.2, 0) is 9.53 Å². The molecule has 2 nitrogen and oxygen atoms in total. The zero-order valence-corrected chi connectivity index (χ0v) is 13.0. The van der Waals surface area contributed by atoms with Crippen LogP contribution < -0.4 is 0 Å². The molecular weight excluding hydrogens is 279 g/mol. The highest BCUT2D eigenvalue weighted by molar-refractivity contribution is 6.28. The van der Waals surface area contributed by atoms with Gasteiger partial charge in [0, 0.05) is 5.92 Å². The van der Waals surface area contributed by atoms with Gasteiger partial charge in [0.05, 0.1) is 5.92 Å². The van der Waals surface area contributed by atoms with Crippen molar-refractivity contribution in [3.8, 4) is 12.3 Å². The molecule has 2 unspecified atom stereocenters. The molecule has 3 atom stereocenters. The Morgan fingerprint density at radius 2 is 2.20 bits per heavy atom. The smallest absolute Gasteiger partial charge is 0.311 e. The first kappa shape index (κ1) is 16.8. The summed E-state index contributed by atoms with van der Waals surface area (Å²) in [6.45, 7) is 7.56. The number of esters is 1. The topological polar surface area (TPSA) is 26.3 Å². The van der Waals surface area contributed by atoms with Crippen LogP contribution in [0.5, 0.6) is 0 Å². The zero-order valence-electron chi connectivity index (χ0n) is 12.2. The Hall–Kier alpha value is -1.27. The van der Waals surface area contributed by atoms with Crippen molar-refractivity contribution in [2.75, 3.05) is 0 Å². The molecule has 4 heteroatoms. The van der Waals surface area contributed by atoms with E-state index in [-0.39, 0.29) is 11.3 Å². The molecule has 0 amide bonds. The van der Waals surface area contributed by atoms with E-state index >= 15 is 0 Å². The van der Waals surface area contributed by atoms with Gasteiger partial charge in [-0.1, -0.05) is 44.4 Å². The van der Waals surface area contributed by atoms with Crippen molar-refractivity contribution in [2.45, 2.75) is 40.2 Å². The maximum atomic E-state index is 12.8. The third-order valence-corrected chi connectivity index (χ3v) is 3.92. The molecule has 1 aliphatic rings. The van der Waals surface area contributed by atoms with Crippen LogP contribution in [-0.4, -0.2) is 12.1 Å². The number of halogens is 2. The van der Waals surface area contributed by atoms with Crippen molar-refractivity contribution >= 4 is 17.6 Å². The van der Waals surface area contributed by atoms with Crippen molar-refractivity contribution in [3.63, 3.8) is 0 Å². The van der Waals surface area contributed by atoms with Crippen LogP contribution in [0.2, 0.25) is 0 Å². The van der Waals surface area contributed by atoms with E-state index in [1.54, 1.807) is 0 Å². The Bertz CT molecular complexity index is 481. The highest BCUT2D eigenvalue weighted by Gasteiger charge is 2.62. The number of hydrogen-bond acceptors (Lipinski definition) is 2. The van der Waals surface area contributed by atoms with E-state index in [0.717, 1.165) is 12.0 Å². The van der Waals surface area contributed by atoms with Gasteiger partial charge in [-0.25, -0.2) is 0 Å². The van der Waals surface area contributed by atoms with Gasteiger partial charge >= 0.3 is 5.97 Å². The summed E-state index contributed by atoms with van der Waals surface area (Å²) in [6, 6.07) is 0. The molecule has 0 N–H and O–H groups in total. The Kier molecular flexibility index (Phi) is 5.42. The van der Waals surface area contributed by atoms with Crippen molar-refractivity contribution in [1.29, 1.82) is 0 Å². The molecule has 1 saturated carbocycles. The van der Waals surface area contributed by atoms with Crippen molar-refractivity contribution < 1.29 is 13.9 Å². The average molecular weight is 299 g/mol. The highest BCUT2D eigenvalue weighted by Crippen LogP contribution is 2.60. The minimum atomic E-state index is -0.797. The lowest BCUT2D eigenvalue weighted by atomic mass is 10.1. The lowest BCUT2D eigenvalue weighted by molar-refractivity contribution is -0.147. The van der Waals surface area contributed by atoms with Crippen LogP contribution in [0.25, 0.3) is 0 Å². The normalized spacial score (nSPS) is 26.6. The number of rotatable bonds is 5. The predicted molar refractivity (Wildman–Crippen MR) is 78.6 cm³/mol. The second-order valence-electron chi connectivity index (χ2n) is 5.62. The maximum Gasteiger partial charge on any atom is 0.311 e. The fraction of sp³-hybridized carbons (Fsp3) is 0.562. The summed E-state index contributed by atoms with van der Waals surface area (Å²) >= 11 is 5.24. The van der Waals surface area contributed by atoms with E-state index < -0.39 is 23.3 Å². The minimum absolute atomic E-state index is 0.249. The molecule has 0 aromatic heterocycles. The molecule has 0 heterocycles. The summed E-state index contributed by atoms with van der Waals surface area (Å²) in [6.07, 6.45) is 8.73. The molecule has 0 saturated heterocycles. The summed E-state index contributed by atoms with van der Waals surface area (Å²) in [7, 11) is 0. The largest absolute Gasteiger partial charge is 0.444 e. The molecule has 1 fully saturated rings. The van der Waals surface area contributed by atoms with Gasteiger partial charge in [-0.15, -0.1) is 6.42 Å². The molecule has 0 bridgehead atoms. The van der Waals surface area contributed by atoms with E-state index in [9.17, 15) is 9.18 Å². The molecule has 1 rings (SSSR count). The van der Waals surface area contributed by atoms with Crippen molar-refractivity contribution in [1.82, 2.24) is 0 Å². The van der Waals surface area contributed by atoms with Crippen LogP contribution in [0.4, 0.5) is 4.39 Å². The number of carbonyl (C=O) groups excluding carboxylic acids is 1. The molecule has 1 aliphatic carbocycles. The second-order valence-corrected chi connectivity index (χ2v) is 5.98. The van der Waals surface area contributed by atoms with E-state index in [0.29, 0.717) is 0 Å². The van der Waals surface area contributed by atoms with Crippen LogP contribution in [0.1, 0.15) is 34.1 Å². The number of terminal acetylenes is 1. The molecule has 0 aliphatic heterocycles. The summed E-state index contributed by atoms with van der Waals surface area (Å²) in [4.78, 5) is 12.2. The monoisotopic (exact) mass is 298 g/mol. The van der Waals surface area contributed by atoms with E-state index in [1.807, 2.05) is 33.8 Å². The molecular formula is C16H20ClFO2. The predicted octanol–water partition coefficient (Wildman–Crippen LogP) is 4.21. The Morgan fingerprint density at radius 1 is 1.60 bits per heavy atom. The molecule has 0 aromatic carbocycles. The van der Waals surface area contributed by atoms with Gasteiger partial charge in [-0.2, -0.15) is 4.39 Å². The number of carbonyl (C=O) groups is 1. The first-order chi connectivity index (χ1) is 9.25. The van der Waals surface area contributed by atoms with E-state index in [1.165, 1.54) is 6.08 Å². The highest BCUT2D eigenvalue weighted by atomic mass is 35.5. The Morgan fingerprint density at radius 3 is 2.65 bits per heavy atom. The SMILES string of the molecule is C#CC(OC(=O)[C@@H]1C(C=C(F)Cl)C1(C)C)C(C)=CCC.